The van der Waals surface area contributed by atoms with Gasteiger partial charge in [0.1, 0.15) is 0 Å². The molecule has 1 atom stereocenters. The minimum Gasteiger partial charge on any atom is -0.481 e. The Morgan fingerprint density at radius 3 is 2.44 bits per heavy atom. The largest absolute Gasteiger partial charge is 0.481 e. The number of amides is 2. The Labute approximate surface area is 161 Å². The number of hydrogen-bond acceptors (Lipinski definition) is 3. The molecule has 1 N–H and O–H groups in total. The maximum absolute atomic E-state index is 12.9. The second-order valence-corrected chi connectivity index (χ2v) is 7.63. The van der Waals surface area contributed by atoms with Gasteiger partial charge in [0.25, 0.3) is 5.91 Å². The van der Waals surface area contributed by atoms with Crippen LogP contribution in [0.1, 0.15) is 61.9 Å². The summed E-state index contributed by atoms with van der Waals surface area (Å²) in [7, 11) is 1.78. The Bertz CT molecular complexity index is 669. The van der Waals surface area contributed by atoms with Crippen molar-refractivity contribution in [2.24, 2.45) is 5.92 Å². The number of nitrogens with zero attached hydrogens (tertiary/aromatic N) is 2. The Morgan fingerprint density at radius 1 is 1.19 bits per heavy atom. The zero-order valence-corrected chi connectivity index (χ0v) is 16.5. The first-order valence-corrected chi connectivity index (χ1v) is 9.66. The van der Waals surface area contributed by atoms with E-state index in [0.717, 1.165) is 24.8 Å². The summed E-state index contributed by atoms with van der Waals surface area (Å²) in [6, 6.07) is 7.36. The summed E-state index contributed by atoms with van der Waals surface area (Å²) in [5.41, 5.74) is 1.59. The maximum atomic E-state index is 12.9. The third-order valence-electron chi connectivity index (χ3n) is 5.07. The average Bonchev–Trinajstić information content (AvgIpc) is 2.65. The van der Waals surface area contributed by atoms with E-state index in [-0.39, 0.29) is 30.2 Å². The van der Waals surface area contributed by atoms with Crippen LogP contribution in [-0.4, -0.2) is 52.3 Å². The number of rotatable bonds is 7. The van der Waals surface area contributed by atoms with Gasteiger partial charge in [-0.2, -0.15) is 0 Å². The van der Waals surface area contributed by atoms with Crippen LogP contribution in [0.25, 0.3) is 0 Å². The maximum Gasteiger partial charge on any atom is 0.303 e. The third-order valence-corrected chi connectivity index (χ3v) is 5.07. The average molecular weight is 374 g/mol. The van der Waals surface area contributed by atoms with Gasteiger partial charge in [-0.05, 0) is 43.4 Å². The van der Waals surface area contributed by atoms with Gasteiger partial charge in [-0.3, -0.25) is 14.4 Å². The topological polar surface area (TPSA) is 77.9 Å². The molecule has 0 bridgehead atoms. The number of aliphatic carboxylic acids is 1. The Morgan fingerprint density at radius 2 is 1.85 bits per heavy atom. The molecule has 2 amide bonds. The smallest absolute Gasteiger partial charge is 0.303 e. The van der Waals surface area contributed by atoms with Crippen molar-refractivity contribution in [2.75, 3.05) is 13.6 Å². The molecule has 0 aromatic heterocycles. The van der Waals surface area contributed by atoms with E-state index < -0.39 is 5.97 Å². The zero-order valence-electron chi connectivity index (χ0n) is 16.5. The lowest BCUT2D eigenvalue weighted by atomic mass is 9.96. The molecule has 1 saturated heterocycles. The molecule has 0 aliphatic carbocycles. The number of piperidine rings is 1. The molecule has 1 unspecified atom stereocenters. The van der Waals surface area contributed by atoms with E-state index in [4.69, 9.17) is 5.11 Å². The van der Waals surface area contributed by atoms with Crippen LogP contribution in [0.3, 0.4) is 0 Å². The van der Waals surface area contributed by atoms with Gasteiger partial charge in [0.05, 0.1) is 0 Å². The van der Waals surface area contributed by atoms with E-state index in [1.807, 2.05) is 30.9 Å². The van der Waals surface area contributed by atoms with Gasteiger partial charge in [0.15, 0.2) is 0 Å². The molecular formula is C21H30N2O4. The number of hydrogen-bond donors (Lipinski definition) is 1. The number of carboxylic acids is 1. The molecule has 1 aliphatic rings. The van der Waals surface area contributed by atoms with Crippen LogP contribution in [0, 0.1) is 5.92 Å². The van der Waals surface area contributed by atoms with Gasteiger partial charge in [-0.25, -0.2) is 0 Å². The highest BCUT2D eigenvalue weighted by Gasteiger charge is 2.27. The summed E-state index contributed by atoms with van der Waals surface area (Å²) < 4.78 is 0. The highest BCUT2D eigenvalue weighted by Crippen LogP contribution is 2.23. The second-order valence-electron chi connectivity index (χ2n) is 7.63. The molecule has 0 radical (unpaired) electrons. The van der Waals surface area contributed by atoms with Crippen molar-refractivity contribution in [1.29, 1.82) is 0 Å². The minimum atomic E-state index is -0.822. The first-order chi connectivity index (χ1) is 12.8. The van der Waals surface area contributed by atoms with Gasteiger partial charge >= 0.3 is 5.97 Å². The fourth-order valence-electron chi connectivity index (χ4n) is 3.57. The molecule has 1 fully saturated rings. The molecule has 6 heteroatoms. The Kier molecular flexibility index (Phi) is 7.39. The van der Waals surface area contributed by atoms with E-state index >= 15 is 0 Å². The van der Waals surface area contributed by atoms with Gasteiger partial charge in [0.2, 0.25) is 5.91 Å². The Balaban J connectivity index is 2.03. The minimum absolute atomic E-state index is 0.00294. The lowest BCUT2D eigenvalue weighted by Gasteiger charge is -2.35. The van der Waals surface area contributed by atoms with E-state index in [1.165, 1.54) is 0 Å². The van der Waals surface area contributed by atoms with Gasteiger partial charge < -0.3 is 14.9 Å². The molecule has 6 nitrogen and oxygen atoms in total. The standard InChI is InChI=1S/C21H30N2O4/c1-15(2)20(26)22(3)14-16-7-9-17(10-8-16)21(27)23-13-5-4-6-18(23)11-12-19(24)25/h7-10,15,18H,4-6,11-14H2,1-3H3,(H,24,25). The fourth-order valence-corrected chi connectivity index (χ4v) is 3.57. The number of benzene rings is 1. The van der Waals surface area contributed by atoms with Crippen LogP contribution >= 0.6 is 0 Å². The van der Waals surface area contributed by atoms with Gasteiger partial charge in [0, 0.05) is 44.1 Å². The highest BCUT2D eigenvalue weighted by atomic mass is 16.4. The number of carbonyl (C=O) groups excluding carboxylic acids is 2. The van der Waals surface area contributed by atoms with Crippen molar-refractivity contribution in [1.82, 2.24) is 9.80 Å². The molecule has 2 rings (SSSR count). The van der Waals surface area contributed by atoms with Gasteiger partial charge in [-0.1, -0.05) is 26.0 Å². The van der Waals surface area contributed by atoms with Crippen molar-refractivity contribution < 1.29 is 19.5 Å². The number of carbonyl (C=O) groups is 3. The van der Waals surface area contributed by atoms with Crippen molar-refractivity contribution in [3.05, 3.63) is 35.4 Å². The van der Waals surface area contributed by atoms with Crippen LogP contribution in [0.5, 0.6) is 0 Å². The zero-order chi connectivity index (χ0) is 20.0. The summed E-state index contributed by atoms with van der Waals surface area (Å²) in [6.45, 7) is 4.94. The lowest BCUT2D eigenvalue weighted by molar-refractivity contribution is -0.137. The third kappa shape index (κ3) is 5.81. The second kappa shape index (κ2) is 9.53. The first kappa shape index (κ1) is 20.9. The van der Waals surface area contributed by atoms with Crippen molar-refractivity contribution in [2.45, 2.75) is 58.5 Å². The van der Waals surface area contributed by atoms with Crippen LogP contribution in [0.15, 0.2) is 24.3 Å². The van der Waals surface area contributed by atoms with Crippen LogP contribution in [-0.2, 0) is 16.1 Å². The molecule has 1 aliphatic heterocycles. The molecule has 1 aromatic carbocycles. The number of carboxylic acid groups (broad SMARTS) is 1. The molecule has 1 aromatic rings. The predicted molar refractivity (Wildman–Crippen MR) is 103 cm³/mol. The lowest BCUT2D eigenvalue weighted by Crippen LogP contribution is -2.44. The monoisotopic (exact) mass is 374 g/mol. The summed E-state index contributed by atoms with van der Waals surface area (Å²) in [4.78, 5) is 39.3. The first-order valence-electron chi connectivity index (χ1n) is 9.66. The fraction of sp³-hybridized carbons (Fsp3) is 0.571. The molecule has 0 saturated carbocycles. The SMILES string of the molecule is CC(C)C(=O)N(C)Cc1ccc(C(=O)N2CCCCC2CCC(=O)O)cc1. The molecule has 0 spiro atoms. The summed E-state index contributed by atoms with van der Waals surface area (Å²) in [6.07, 6.45) is 3.43. The van der Waals surface area contributed by atoms with E-state index in [1.54, 1.807) is 24.1 Å². The summed E-state index contributed by atoms with van der Waals surface area (Å²) in [5.74, 6) is -0.817. The van der Waals surface area contributed by atoms with Crippen LogP contribution in [0.2, 0.25) is 0 Å². The van der Waals surface area contributed by atoms with Crippen molar-refractivity contribution >= 4 is 17.8 Å². The number of likely N-dealkylation sites (tertiary alicyclic amines) is 1. The summed E-state index contributed by atoms with van der Waals surface area (Å²) >= 11 is 0. The molecule has 1 heterocycles. The van der Waals surface area contributed by atoms with E-state index in [9.17, 15) is 14.4 Å². The van der Waals surface area contributed by atoms with E-state index in [2.05, 4.69) is 0 Å². The van der Waals surface area contributed by atoms with E-state index in [0.29, 0.717) is 25.1 Å². The Hall–Kier alpha value is -2.37. The predicted octanol–water partition coefficient (Wildman–Crippen LogP) is 3.16. The van der Waals surface area contributed by atoms with Crippen molar-refractivity contribution in [3.63, 3.8) is 0 Å². The summed E-state index contributed by atoms with van der Waals surface area (Å²) in [5, 5.41) is 8.93. The molecular weight excluding hydrogens is 344 g/mol. The van der Waals surface area contributed by atoms with Gasteiger partial charge in [-0.15, -0.1) is 0 Å². The highest BCUT2D eigenvalue weighted by molar-refractivity contribution is 5.94. The van der Waals surface area contributed by atoms with Crippen LogP contribution < -0.4 is 0 Å². The molecule has 148 valence electrons. The van der Waals surface area contributed by atoms with Crippen LogP contribution in [0.4, 0.5) is 0 Å². The quantitative estimate of drug-likeness (QED) is 0.795. The van der Waals surface area contributed by atoms with Crippen molar-refractivity contribution in [3.8, 4) is 0 Å². The normalized spacial score (nSPS) is 17.0. The molecule has 27 heavy (non-hydrogen) atoms.